The van der Waals surface area contributed by atoms with Gasteiger partial charge in [0.1, 0.15) is 17.2 Å². The normalized spacial score (nSPS) is 11.3. The van der Waals surface area contributed by atoms with Gasteiger partial charge in [0.25, 0.3) is 5.56 Å². The molecule has 0 aliphatic carbocycles. The van der Waals surface area contributed by atoms with Crippen LogP contribution in [0.5, 0.6) is 0 Å². The van der Waals surface area contributed by atoms with Gasteiger partial charge >= 0.3 is 0 Å². The molecule has 0 fully saturated rings. The number of methoxy groups -OCH3 is 1. The van der Waals surface area contributed by atoms with Crippen LogP contribution in [0.25, 0.3) is 33.5 Å². The lowest BCUT2D eigenvalue weighted by molar-refractivity contribution is 0.186. The van der Waals surface area contributed by atoms with Crippen LogP contribution >= 0.6 is 0 Å². The fourth-order valence-corrected chi connectivity index (χ4v) is 3.02. The molecule has 0 amide bonds. The van der Waals surface area contributed by atoms with Crippen molar-refractivity contribution in [2.24, 2.45) is 0 Å². The van der Waals surface area contributed by atoms with E-state index in [1.807, 2.05) is 0 Å². The minimum atomic E-state index is -0.588. The van der Waals surface area contributed by atoms with Crippen molar-refractivity contribution < 1.29 is 13.5 Å². The van der Waals surface area contributed by atoms with Crippen LogP contribution in [0, 0.1) is 5.82 Å². The Hall–Kier alpha value is -3.32. The van der Waals surface area contributed by atoms with Gasteiger partial charge in [0, 0.05) is 7.11 Å². The zero-order valence-corrected chi connectivity index (χ0v) is 14.4. The smallest absolute Gasteiger partial charge is 0.269 e. The van der Waals surface area contributed by atoms with Gasteiger partial charge in [0.2, 0.25) is 11.1 Å². The third-order valence-electron chi connectivity index (χ3n) is 4.34. The molecule has 4 rings (SSSR count). The zero-order valence-electron chi connectivity index (χ0n) is 14.4. The molecule has 27 heavy (non-hydrogen) atoms. The number of benzene rings is 2. The summed E-state index contributed by atoms with van der Waals surface area (Å²) in [5, 5.41) is 0.130. The Kier molecular flexibility index (Phi) is 4.29. The van der Waals surface area contributed by atoms with Gasteiger partial charge in [-0.25, -0.2) is 4.39 Å². The van der Waals surface area contributed by atoms with Crippen molar-refractivity contribution in [3.63, 3.8) is 0 Å². The first kappa shape index (κ1) is 17.1. The molecule has 0 saturated carbocycles. The number of hydrogen-bond acceptors (Lipinski definition) is 5. The monoisotopic (exact) mass is 366 g/mol. The average molecular weight is 366 g/mol. The van der Waals surface area contributed by atoms with Crippen LogP contribution in [0.4, 0.5) is 4.39 Å². The lowest BCUT2D eigenvalue weighted by Gasteiger charge is -2.13. The van der Waals surface area contributed by atoms with Crippen molar-refractivity contribution in [2.75, 3.05) is 13.7 Å². The summed E-state index contributed by atoms with van der Waals surface area (Å²) in [6.45, 7) is 0.321. The fraction of sp³-hybridized carbons (Fsp3) is 0.150. The van der Waals surface area contributed by atoms with E-state index in [9.17, 15) is 14.0 Å². The molecule has 0 bridgehead atoms. The van der Waals surface area contributed by atoms with E-state index in [-0.39, 0.29) is 35.6 Å². The van der Waals surface area contributed by atoms with Gasteiger partial charge in [0.05, 0.1) is 24.1 Å². The van der Waals surface area contributed by atoms with Crippen LogP contribution in [-0.4, -0.2) is 23.3 Å². The summed E-state index contributed by atoms with van der Waals surface area (Å²) in [7, 11) is 1.49. The average Bonchev–Trinajstić information content (AvgIpc) is 2.67. The van der Waals surface area contributed by atoms with E-state index in [1.165, 1.54) is 23.8 Å². The number of hydrogen-bond donors (Lipinski definition) is 0. The standard InChI is InChI=1S/C20H15FN2O4/c1-26-11-10-23-18(12-6-2-4-8-14(12)21)22-19-16(20(23)25)17(24)13-7-3-5-9-15(13)27-19/h2-9H,10-11H2,1H3. The van der Waals surface area contributed by atoms with Gasteiger partial charge in [-0.1, -0.05) is 24.3 Å². The number of para-hydroxylation sites is 1. The first-order valence-electron chi connectivity index (χ1n) is 8.32. The summed E-state index contributed by atoms with van der Waals surface area (Å²) in [4.78, 5) is 30.3. The Bertz CT molecular complexity index is 1280. The Morgan fingerprint density at radius 2 is 1.85 bits per heavy atom. The highest BCUT2D eigenvalue weighted by molar-refractivity contribution is 5.88. The summed E-state index contributed by atoms with van der Waals surface area (Å²) < 4.78 is 26.4. The van der Waals surface area contributed by atoms with Crippen LogP contribution in [0.1, 0.15) is 0 Å². The first-order chi connectivity index (χ1) is 13.1. The van der Waals surface area contributed by atoms with Gasteiger partial charge in [-0.05, 0) is 24.3 Å². The molecule has 0 N–H and O–H groups in total. The van der Waals surface area contributed by atoms with Gasteiger partial charge in [-0.15, -0.1) is 0 Å². The number of fused-ring (bicyclic) bond motifs is 2. The topological polar surface area (TPSA) is 74.3 Å². The zero-order chi connectivity index (χ0) is 19.0. The molecule has 0 aliphatic rings. The Labute approximate surface area is 152 Å². The van der Waals surface area contributed by atoms with E-state index in [2.05, 4.69) is 4.98 Å². The molecule has 0 unspecified atom stereocenters. The second kappa shape index (κ2) is 6.77. The maximum atomic E-state index is 14.4. The molecule has 7 heteroatoms. The van der Waals surface area contributed by atoms with E-state index in [0.717, 1.165) is 0 Å². The van der Waals surface area contributed by atoms with Crippen molar-refractivity contribution in [3.8, 4) is 11.4 Å². The molecule has 2 aromatic carbocycles. The van der Waals surface area contributed by atoms with Gasteiger partial charge in [-0.3, -0.25) is 14.2 Å². The van der Waals surface area contributed by atoms with E-state index in [0.29, 0.717) is 11.0 Å². The minimum Gasteiger partial charge on any atom is -0.437 e. The second-order valence-electron chi connectivity index (χ2n) is 5.97. The number of ether oxygens (including phenoxy) is 1. The summed E-state index contributed by atoms with van der Waals surface area (Å²) in [5.41, 5.74) is -0.708. The van der Waals surface area contributed by atoms with Crippen molar-refractivity contribution in [1.29, 1.82) is 0 Å². The third kappa shape index (κ3) is 2.82. The molecule has 136 valence electrons. The lowest BCUT2D eigenvalue weighted by atomic mass is 10.1. The molecule has 0 atom stereocenters. The minimum absolute atomic E-state index is 0.0843. The SMILES string of the molecule is COCCn1c(-c2ccccc2F)nc2oc3ccccc3c(=O)c2c1=O. The number of nitrogens with zero attached hydrogens (tertiary/aromatic N) is 2. The highest BCUT2D eigenvalue weighted by atomic mass is 19.1. The molecule has 6 nitrogen and oxygen atoms in total. The third-order valence-corrected chi connectivity index (χ3v) is 4.34. The number of rotatable bonds is 4. The van der Waals surface area contributed by atoms with Gasteiger partial charge in [-0.2, -0.15) is 4.98 Å². The van der Waals surface area contributed by atoms with Crippen molar-refractivity contribution in [1.82, 2.24) is 9.55 Å². The van der Waals surface area contributed by atoms with E-state index in [4.69, 9.17) is 9.15 Å². The highest BCUT2D eigenvalue weighted by Crippen LogP contribution is 2.22. The van der Waals surface area contributed by atoms with Crippen LogP contribution in [0.15, 0.2) is 62.5 Å². The first-order valence-corrected chi connectivity index (χ1v) is 8.32. The van der Waals surface area contributed by atoms with Gasteiger partial charge < -0.3 is 9.15 Å². The molecule has 0 aliphatic heterocycles. The molecule has 0 spiro atoms. The van der Waals surface area contributed by atoms with Gasteiger partial charge in [0.15, 0.2) is 5.39 Å². The lowest BCUT2D eigenvalue weighted by Crippen LogP contribution is -2.29. The van der Waals surface area contributed by atoms with Crippen molar-refractivity contribution in [3.05, 3.63) is 74.9 Å². The van der Waals surface area contributed by atoms with Crippen LogP contribution in [0.2, 0.25) is 0 Å². The van der Waals surface area contributed by atoms with Crippen LogP contribution < -0.4 is 11.0 Å². The maximum absolute atomic E-state index is 14.4. The molecule has 0 radical (unpaired) electrons. The van der Waals surface area contributed by atoms with Crippen LogP contribution in [0.3, 0.4) is 0 Å². The Morgan fingerprint density at radius 3 is 2.63 bits per heavy atom. The molecular weight excluding hydrogens is 351 g/mol. The molecule has 2 aromatic heterocycles. The molecule has 2 heterocycles. The Balaban J connectivity index is 2.14. The fourth-order valence-electron chi connectivity index (χ4n) is 3.02. The van der Waals surface area contributed by atoms with Crippen molar-refractivity contribution in [2.45, 2.75) is 6.54 Å². The molecular formula is C20H15FN2O4. The molecule has 0 saturated heterocycles. The summed E-state index contributed by atoms with van der Waals surface area (Å²) >= 11 is 0. The van der Waals surface area contributed by atoms with E-state index in [1.54, 1.807) is 36.4 Å². The quantitative estimate of drug-likeness (QED) is 0.519. The summed E-state index contributed by atoms with van der Waals surface area (Å²) in [5.74, 6) is -0.445. The largest absolute Gasteiger partial charge is 0.437 e. The molecule has 4 aromatic rings. The van der Waals surface area contributed by atoms with Crippen LogP contribution in [-0.2, 0) is 11.3 Å². The summed E-state index contributed by atoms with van der Waals surface area (Å²) in [6, 6.07) is 12.6. The van der Waals surface area contributed by atoms with E-state index >= 15 is 0 Å². The second-order valence-corrected chi connectivity index (χ2v) is 5.97. The number of aromatic nitrogens is 2. The van der Waals surface area contributed by atoms with Crippen molar-refractivity contribution >= 4 is 22.1 Å². The Morgan fingerprint density at radius 1 is 1.11 bits per heavy atom. The maximum Gasteiger partial charge on any atom is 0.269 e. The number of halogens is 1. The van der Waals surface area contributed by atoms with E-state index < -0.39 is 16.8 Å². The summed E-state index contributed by atoms with van der Waals surface area (Å²) in [6.07, 6.45) is 0. The highest BCUT2D eigenvalue weighted by Gasteiger charge is 2.20. The predicted molar refractivity (Wildman–Crippen MR) is 99.3 cm³/mol. The predicted octanol–water partition coefficient (Wildman–Crippen LogP) is 2.96.